The molecule has 6 nitrogen and oxygen atoms in total. The highest BCUT2D eigenvalue weighted by molar-refractivity contribution is 14.0. The van der Waals surface area contributed by atoms with Crippen LogP contribution in [-0.4, -0.2) is 57.6 Å². The summed E-state index contributed by atoms with van der Waals surface area (Å²) < 4.78 is 11.5. The summed E-state index contributed by atoms with van der Waals surface area (Å²) in [6, 6.07) is 18.8. The molecule has 0 bridgehead atoms. The van der Waals surface area contributed by atoms with Crippen LogP contribution in [0.4, 0.5) is 0 Å². The molecule has 33 heavy (non-hydrogen) atoms. The maximum atomic E-state index is 9.39. The summed E-state index contributed by atoms with van der Waals surface area (Å²) in [5.41, 5.74) is 2.58. The van der Waals surface area contributed by atoms with E-state index in [1.165, 1.54) is 11.1 Å². The fourth-order valence-corrected chi connectivity index (χ4v) is 4.03. The van der Waals surface area contributed by atoms with E-state index in [0.717, 1.165) is 63.5 Å². The van der Waals surface area contributed by atoms with Gasteiger partial charge in [-0.2, -0.15) is 0 Å². The number of hydrogen-bond acceptors (Lipinski definition) is 4. The van der Waals surface area contributed by atoms with Crippen LogP contribution in [0.15, 0.2) is 59.6 Å². The fourth-order valence-electron chi connectivity index (χ4n) is 4.03. The van der Waals surface area contributed by atoms with Gasteiger partial charge >= 0.3 is 0 Å². The van der Waals surface area contributed by atoms with Gasteiger partial charge in [-0.25, -0.2) is 0 Å². The molecule has 1 fully saturated rings. The van der Waals surface area contributed by atoms with Crippen molar-refractivity contribution in [2.45, 2.75) is 32.1 Å². The molecule has 2 aromatic carbocycles. The van der Waals surface area contributed by atoms with E-state index in [4.69, 9.17) is 9.47 Å². The van der Waals surface area contributed by atoms with Crippen LogP contribution in [-0.2, 0) is 17.6 Å². The third-order valence-corrected chi connectivity index (χ3v) is 6.01. The largest absolute Gasteiger partial charge is 0.494 e. The van der Waals surface area contributed by atoms with Crippen LogP contribution in [0.2, 0.25) is 0 Å². The molecule has 182 valence electrons. The number of aryl methyl sites for hydroxylation is 1. The summed E-state index contributed by atoms with van der Waals surface area (Å²) in [5.74, 6) is 1.70. The number of hydrogen-bond donors (Lipinski definition) is 3. The SMILES string of the molecule is CN=C(NCCc1cccc(OCCCc2ccccc2)c1)NCC1(CCO)CCOC1.I. The number of aliphatic imine (C=N–C) groups is 1. The molecule has 0 radical (unpaired) electrons. The fraction of sp³-hybridized carbons (Fsp3) is 0.500. The molecule has 0 spiro atoms. The molecule has 2 aromatic rings. The van der Waals surface area contributed by atoms with Crippen molar-refractivity contribution in [3.63, 3.8) is 0 Å². The van der Waals surface area contributed by atoms with Gasteiger partial charge in [0.25, 0.3) is 0 Å². The average Bonchev–Trinajstić information content (AvgIpc) is 3.29. The molecule has 3 rings (SSSR count). The first-order chi connectivity index (χ1) is 15.7. The van der Waals surface area contributed by atoms with Gasteiger partial charge in [0.1, 0.15) is 5.75 Å². The Balaban J connectivity index is 0.00000385. The molecule has 0 saturated carbocycles. The molecule has 0 aliphatic carbocycles. The number of aliphatic hydroxyl groups excluding tert-OH is 1. The second-order valence-electron chi connectivity index (χ2n) is 8.46. The minimum atomic E-state index is -0.00144. The molecule has 1 unspecified atom stereocenters. The lowest BCUT2D eigenvalue weighted by atomic mass is 9.84. The maximum Gasteiger partial charge on any atom is 0.191 e. The maximum absolute atomic E-state index is 9.39. The molecule has 1 aliphatic rings. The Kier molecular flexibility index (Phi) is 12.6. The monoisotopic (exact) mass is 567 g/mol. The van der Waals surface area contributed by atoms with Crippen molar-refractivity contribution in [2.75, 3.05) is 46.6 Å². The van der Waals surface area contributed by atoms with Crippen LogP contribution in [0.5, 0.6) is 5.75 Å². The first kappa shape index (κ1) is 27.4. The first-order valence-electron chi connectivity index (χ1n) is 11.6. The average molecular weight is 568 g/mol. The van der Waals surface area contributed by atoms with E-state index in [9.17, 15) is 5.11 Å². The predicted octanol–water partition coefficient (Wildman–Crippen LogP) is 3.81. The molecule has 1 atom stereocenters. The smallest absolute Gasteiger partial charge is 0.191 e. The highest BCUT2D eigenvalue weighted by Crippen LogP contribution is 2.31. The Bertz CT molecular complexity index is 827. The van der Waals surface area contributed by atoms with Crippen LogP contribution in [0.25, 0.3) is 0 Å². The van der Waals surface area contributed by atoms with E-state index in [-0.39, 0.29) is 36.0 Å². The molecule has 0 amide bonds. The van der Waals surface area contributed by atoms with Crippen molar-refractivity contribution in [3.8, 4) is 5.75 Å². The third kappa shape index (κ3) is 9.51. The van der Waals surface area contributed by atoms with Crippen LogP contribution >= 0.6 is 24.0 Å². The lowest BCUT2D eigenvalue weighted by Crippen LogP contribution is -2.45. The highest BCUT2D eigenvalue weighted by Gasteiger charge is 2.34. The van der Waals surface area contributed by atoms with Gasteiger partial charge in [0, 0.05) is 38.8 Å². The van der Waals surface area contributed by atoms with E-state index in [0.29, 0.717) is 13.2 Å². The molecular formula is C26H38IN3O3. The normalized spacial score (nSPS) is 17.9. The molecule has 0 aromatic heterocycles. The highest BCUT2D eigenvalue weighted by atomic mass is 127. The Hall–Kier alpha value is -1.84. The predicted molar refractivity (Wildman–Crippen MR) is 145 cm³/mol. The summed E-state index contributed by atoms with van der Waals surface area (Å²) >= 11 is 0. The first-order valence-corrected chi connectivity index (χ1v) is 11.6. The lowest BCUT2D eigenvalue weighted by Gasteiger charge is -2.27. The Labute approximate surface area is 215 Å². The third-order valence-electron chi connectivity index (χ3n) is 6.01. The number of aliphatic hydroxyl groups is 1. The molecule has 7 heteroatoms. The van der Waals surface area contributed by atoms with Gasteiger partial charge < -0.3 is 25.2 Å². The van der Waals surface area contributed by atoms with Crippen LogP contribution in [0, 0.1) is 5.41 Å². The molecule has 3 N–H and O–H groups in total. The van der Waals surface area contributed by atoms with E-state index in [1.807, 2.05) is 18.2 Å². The zero-order valence-electron chi connectivity index (χ0n) is 19.6. The zero-order chi connectivity index (χ0) is 22.5. The summed E-state index contributed by atoms with van der Waals surface area (Å²) in [5, 5.41) is 16.2. The Morgan fingerprint density at radius 1 is 1.09 bits per heavy atom. The number of benzene rings is 2. The van der Waals surface area contributed by atoms with Crippen LogP contribution in [0.3, 0.4) is 0 Å². The Morgan fingerprint density at radius 3 is 2.64 bits per heavy atom. The van der Waals surface area contributed by atoms with E-state index >= 15 is 0 Å². The summed E-state index contributed by atoms with van der Waals surface area (Å²) in [7, 11) is 1.78. The molecular weight excluding hydrogens is 529 g/mol. The quantitative estimate of drug-likeness (QED) is 0.158. The minimum Gasteiger partial charge on any atom is -0.494 e. The second kappa shape index (κ2) is 15.1. The van der Waals surface area contributed by atoms with E-state index in [2.05, 4.69) is 52.0 Å². The van der Waals surface area contributed by atoms with Gasteiger partial charge in [-0.3, -0.25) is 4.99 Å². The zero-order valence-corrected chi connectivity index (χ0v) is 21.9. The topological polar surface area (TPSA) is 75.1 Å². The van der Waals surface area contributed by atoms with Crippen molar-refractivity contribution >= 4 is 29.9 Å². The van der Waals surface area contributed by atoms with Crippen LogP contribution < -0.4 is 15.4 Å². The van der Waals surface area contributed by atoms with Gasteiger partial charge in [-0.05, 0) is 55.4 Å². The van der Waals surface area contributed by atoms with Gasteiger partial charge in [0.15, 0.2) is 5.96 Å². The number of nitrogens with one attached hydrogen (secondary N) is 2. The van der Waals surface area contributed by atoms with Gasteiger partial charge in [-0.1, -0.05) is 42.5 Å². The number of rotatable bonds is 12. The minimum absolute atomic E-state index is 0. The van der Waals surface area contributed by atoms with Crippen LogP contribution in [0.1, 0.15) is 30.4 Å². The second-order valence-corrected chi connectivity index (χ2v) is 8.46. The molecule has 1 aliphatic heterocycles. The number of halogens is 1. The standard InChI is InChI=1S/C26H37N3O3.HI/c1-27-25(29-20-26(13-16-30)14-18-31-21-26)28-15-12-23-9-5-11-24(19-23)32-17-6-10-22-7-3-2-4-8-22;/h2-5,7-9,11,19,30H,6,10,12-18,20-21H2,1H3,(H2,27,28,29);1H. The Morgan fingerprint density at radius 2 is 1.91 bits per heavy atom. The van der Waals surface area contributed by atoms with Crippen molar-refractivity contribution in [3.05, 3.63) is 65.7 Å². The van der Waals surface area contributed by atoms with Crippen molar-refractivity contribution in [2.24, 2.45) is 10.4 Å². The van der Waals surface area contributed by atoms with Crippen molar-refractivity contribution in [1.82, 2.24) is 10.6 Å². The summed E-state index contributed by atoms with van der Waals surface area (Å²) in [6.45, 7) is 3.88. The lowest BCUT2D eigenvalue weighted by molar-refractivity contribution is 0.127. The van der Waals surface area contributed by atoms with E-state index in [1.54, 1.807) is 7.05 Å². The number of guanidine groups is 1. The summed E-state index contributed by atoms with van der Waals surface area (Å²) in [4.78, 5) is 4.33. The molecule has 1 saturated heterocycles. The van der Waals surface area contributed by atoms with Gasteiger partial charge in [0.05, 0.1) is 13.2 Å². The van der Waals surface area contributed by atoms with Crippen molar-refractivity contribution < 1.29 is 14.6 Å². The number of ether oxygens (including phenoxy) is 2. The van der Waals surface area contributed by atoms with Gasteiger partial charge in [-0.15, -0.1) is 24.0 Å². The van der Waals surface area contributed by atoms with Crippen molar-refractivity contribution in [1.29, 1.82) is 0 Å². The summed E-state index contributed by atoms with van der Waals surface area (Å²) in [6.07, 6.45) is 4.63. The number of nitrogens with zero attached hydrogens (tertiary/aromatic N) is 1. The van der Waals surface area contributed by atoms with E-state index < -0.39 is 0 Å². The molecule has 1 heterocycles. The van der Waals surface area contributed by atoms with Gasteiger partial charge in [0.2, 0.25) is 0 Å².